The number of hydrogen-bond donors (Lipinski definition) is 0. The molecule has 0 radical (unpaired) electrons. The molecule has 0 aromatic heterocycles. The van der Waals surface area contributed by atoms with E-state index in [4.69, 9.17) is 11.2 Å². The van der Waals surface area contributed by atoms with Gasteiger partial charge >= 0.3 is 0 Å². The highest BCUT2D eigenvalue weighted by molar-refractivity contribution is 7.91. The molecular formula is C8H14ClOP. The van der Waals surface area contributed by atoms with Gasteiger partial charge in [-0.1, -0.05) is 18.9 Å². The van der Waals surface area contributed by atoms with Gasteiger partial charge in [0.15, 0.2) is 6.49 Å². The molecule has 0 fully saturated rings. The molecule has 64 valence electrons. The maximum Gasteiger partial charge on any atom is 0.190 e. The van der Waals surface area contributed by atoms with Gasteiger partial charge in [0, 0.05) is 6.16 Å². The molecule has 2 atom stereocenters. The first-order valence-electron chi connectivity index (χ1n) is 4.00. The van der Waals surface area contributed by atoms with Crippen molar-refractivity contribution in [3.05, 3.63) is 11.4 Å². The molecule has 1 unspecified atom stereocenters. The Morgan fingerprint density at radius 1 is 1.82 bits per heavy atom. The SMILES string of the molecule is CCC1CC(C)=C[P@](=O)(Cl)C1. The zero-order chi connectivity index (χ0) is 8.48. The van der Waals surface area contributed by atoms with Crippen LogP contribution >= 0.6 is 17.7 Å². The van der Waals surface area contributed by atoms with Crippen LogP contribution in [0.15, 0.2) is 11.4 Å². The van der Waals surface area contributed by atoms with Crippen molar-refractivity contribution in [3.8, 4) is 0 Å². The van der Waals surface area contributed by atoms with Crippen LogP contribution in [0.25, 0.3) is 0 Å². The fraction of sp³-hybridized carbons (Fsp3) is 0.750. The van der Waals surface area contributed by atoms with E-state index in [1.54, 1.807) is 5.82 Å². The fourth-order valence-electron chi connectivity index (χ4n) is 1.58. The van der Waals surface area contributed by atoms with Crippen molar-refractivity contribution in [2.45, 2.75) is 26.7 Å². The van der Waals surface area contributed by atoms with E-state index in [1.165, 1.54) is 5.57 Å². The molecule has 0 saturated carbocycles. The summed E-state index contributed by atoms with van der Waals surface area (Å²) in [5.74, 6) is 2.31. The average molecular weight is 193 g/mol. The second-order valence-electron chi connectivity index (χ2n) is 3.34. The summed E-state index contributed by atoms with van der Waals surface area (Å²) in [6.07, 6.45) is 2.86. The van der Waals surface area contributed by atoms with Crippen LogP contribution in [0.2, 0.25) is 0 Å². The van der Waals surface area contributed by atoms with Gasteiger partial charge in [-0.05, 0) is 36.3 Å². The first-order valence-corrected chi connectivity index (χ1v) is 6.87. The monoisotopic (exact) mass is 192 g/mol. The summed E-state index contributed by atoms with van der Waals surface area (Å²) >= 11 is 5.82. The first-order chi connectivity index (χ1) is 5.03. The van der Waals surface area contributed by atoms with Crippen LogP contribution in [0.3, 0.4) is 0 Å². The Morgan fingerprint density at radius 3 is 2.91 bits per heavy atom. The molecule has 0 bridgehead atoms. The lowest BCUT2D eigenvalue weighted by Gasteiger charge is -2.22. The quantitative estimate of drug-likeness (QED) is 0.577. The maximum absolute atomic E-state index is 11.5. The van der Waals surface area contributed by atoms with E-state index in [-0.39, 0.29) is 0 Å². The molecule has 0 N–H and O–H groups in total. The fourth-order valence-corrected chi connectivity index (χ4v) is 4.63. The largest absolute Gasteiger partial charge is 0.302 e. The highest BCUT2D eigenvalue weighted by atomic mass is 35.7. The minimum absolute atomic E-state index is 0.545. The third kappa shape index (κ3) is 2.65. The van der Waals surface area contributed by atoms with Gasteiger partial charge in [-0.25, -0.2) is 0 Å². The van der Waals surface area contributed by atoms with Gasteiger partial charge < -0.3 is 4.57 Å². The van der Waals surface area contributed by atoms with E-state index in [1.807, 2.05) is 6.92 Å². The van der Waals surface area contributed by atoms with Crippen LogP contribution in [-0.4, -0.2) is 6.16 Å². The molecule has 0 aromatic carbocycles. The lowest BCUT2D eigenvalue weighted by molar-refractivity contribution is 0.531. The van der Waals surface area contributed by atoms with Crippen LogP contribution in [-0.2, 0) is 4.57 Å². The van der Waals surface area contributed by atoms with Crippen LogP contribution in [0.5, 0.6) is 0 Å². The van der Waals surface area contributed by atoms with Gasteiger partial charge in [-0.15, -0.1) is 0 Å². The molecule has 0 aromatic rings. The minimum Gasteiger partial charge on any atom is -0.302 e. The van der Waals surface area contributed by atoms with Crippen molar-refractivity contribution < 1.29 is 4.57 Å². The van der Waals surface area contributed by atoms with Crippen LogP contribution in [0, 0.1) is 5.92 Å². The van der Waals surface area contributed by atoms with Gasteiger partial charge in [-0.3, -0.25) is 0 Å². The van der Waals surface area contributed by atoms with E-state index in [0.717, 1.165) is 12.8 Å². The predicted molar refractivity (Wildman–Crippen MR) is 50.5 cm³/mol. The first kappa shape index (κ1) is 9.35. The number of rotatable bonds is 1. The lowest BCUT2D eigenvalue weighted by Crippen LogP contribution is -2.08. The molecular weight excluding hydrogens is 179 g/mol. The molecule has 3 heteroatoms. The smallest absolute Gasteiger partial charge is 0.190 e. The van der Waals surface area contributed by atoms with Crippen molar-refractivity contribution in [2.75, 3.05) is 6.16 Å². The highest BCUT2D eigenvalue weighted by Gasteiger charge is 2.25. The second-order valence-corrected chi connectivity index (χ2v) is 7.09. The Balaban J connectivity index is 2.77. The molecule has 1 nitrogen and oxygen atoms in total. The summed E-state index contributed by atoms with van der Waals surface area (Å²) in [6, 6.07) is 0. The highest BCUT2D eigenvalue weighted by Crippen LogP contribution is 2.58. The molecule has 0 aliphatic carbocycles. The summed E-state index contributed by atoms with van der Waals surface area (Å²) < 4.78 is 11.5. The van der Waals surface area contributed by atoms with Gasteiger partial charge in [0.2, 0.25) is 0 Å². The molecule has 11 heavy (non-hydrogen) atoms. The molecule has 1 aliphatic heterocycles. The molecule has 0 spiro atoms. The number of allylic oxidation sites excluding steroid dienone is 1. The van der Waals surface area contributed by atoms with Crippen LogP contribution < -0.4 is 0 Å². The topological polar surface area (TPSA) is 17.1 Å². The molecule has 1 aliphatic rings. The van der Waals surface area contributed by atoms with E-state index >= 15 is 0 Å². The maximum atomic E-state index is 11.5. The van der Waals surface area contributed by atoms with Crippen molar-refractivity contribution in [1.82, 2.24) is 0 Å². The predicted octanol–water partition coefficient (Wildman–Crippen LogP) is 3.84. The lowest BCUT2D eigenvalue weighted by atomic mass is 10.0. The average Bonchev–Trinajstić information content (AvgIpc) is 1.83. The van der Waals surface area contributed by atoms with E-state index in [0.29, 0.717) is 12.1 Å². The Kier molecular flexibility index (Phi) is 2.83. The Hall–Kier alpha value is 0.260. The van der Waals surface area contributed by atoms with E-state index < -0.39 is 6.49 Å². The number of halogens is 1. The van der Waals surface area contributed by atoms with Crippen molar-refractivity contribution >= 4 is 17.7 Å². The zero-order valence-electron chi connectivity index (χ0n) is 7.01. The minimum atomic E-state index is -2.41. The van der Waals surface area contributed by atoms with Crippen molar-refractivity contribution in [1.29, 1.82) is 0 Å². The standard InChI is InChI=1S/C8H14ClOP/c1-3-8-4-7(2)5-11(9,10)6-8/h5,8H,3-4,6H2,1-2H3/t8?,11-/m1/s1. The summed E-state index contributed by atoms with van der Waals surface area (Å²) in [6.45, 7) is 1.73. The normalized spacial score (nSPS) is 38.5. The zero-order valence-corrected chi connectivity index (χ0v) is 8.66. The van der Waals surface area contributed by atoms with Crippen LogP contribution in [0.1, 0.15) is 26.7 Å². The number of hydrogen-bond acceptors (Lipinski definition) is 1. The summed E-state index contributed by atoms with van der Waals surface area (Å²) in [4.78, 5) is 0. The van der Waals surface area contributed by atoms with Crippen LogP contribution in [0.4, 0.5) is 0 Å². The van der Waals surface area contributed by atoms with Crippen molar-refractivity contribution in [2.24, 2.45) is 5.92 Å². The summed E-state index contributed by atoms with van der Waals surface area (Å²) in [5.41, 5.74) is 1.20. The molecule has 0 saturated heterocycles. The van der Waals surface area contributed by atoms with Gasteiger partial charge in [0.05, 0.1) is 0 Å². The third-order valence-electron chi connectivity index (χ3n) is 2.11. The van der Waals surface area contributed by atoms with E-state index in [9.17, 15) is 4.57 Å². The molecule has 0 amide bonds. The molecule has 1 heterocycles. The summed E-state index contributed by atoms with van der Waals surface area (Å²) in [7, 11) is 0. The van der Waals surface area contributed by atoms with E-state index in [2.05, 4.69) is 6.92 Å². The Bertz CT molecular complexity index is 222. The van der Waals surface area contributed by atoms with Gasteiger partial charge in [0.1, 0.15) is 0 Å². The summed E-state index contributed by atoms with van der Waals surface area (Å²) in [5, 5.41) is 0. The second kappa shape index (κ2) is 3.33. The molecule has 1 rings (SSSR count). The van der Waals surface area contributed by atoms with Crippen molar-refractivity contribution in [3.63, 3.8) is 0 Å². The van der Waals surface area contributed by atoms with Gasteiger partial charge in [-0.2, -0.15) is 0 Å². The Morgan fingerprint density at radius 2 is 2.45 bits per heavy atom. The van der Waals surface area contributed by atoms with Gasteiger partial charge in [0.25, 0.3) is 0 Å². The Labute approximate surface area is 73.0 Å². The third-order valence-corrected chi connectivity index (χ3v) is 4.66.